The van der Waals surface area contributed by atoms with Crippen molar-refractivity contribution in [1.29, 1.82) is 0 Å². The van der Waals surface area contributed by atoms with Gasteiger partial charge in [0.1, 0.15) is 11.6 Å². The first-order chi connectivity index (χ1) is 18.9. The lowest BCUT2D eigenvalue weighted by atomic mass is 9.97. The molecule has 3 N–H and O–H groups in total. The van der Waals surface area contributed by atoms with Crippen molar-refractivity contribution in [3.63, 3.8) is 0 Å². The van der Waals surface area contributed by atoms with E-state index >= 15 is 0 Å². The molecule has 2 heterocycles. The molecule has 0 unspecified atom stereocenters. The average molecular weight is 606 g/mol. The van der Waals surface area contributed by atoms with Crippen molar-refractivity contribution in [2.75, 3.05) is 11.9 Å². The highest BCUT2D eigenvalue weighted by atomic mass is 35.5. The van der Waals surface area contributed by atoms with E-state index in [2.05, 4.69) is 15.6 Å². The van der Waals surface area contributed by atoms with E-state index in [1.807, 2.05) is 0 Å². The Bertz CT molecular complexity index is 1520. The zero-order valence-electron chi connectivity index (χ0n) is 21.3. The van der Waals surface area contributed by atoms with Gasteiger partial charge in [-0.2, -0.15) is 4.31 Å². The molecule has 2 amide bonds. The summed E-state index contributed by atoms with van der Waals surface area (Å²) in [7, 11) is -4.17. The van der Waals surface area contributed by atoms with Crippen LogP contribution in [0, 0.1) is 0 Å². The highest BCUT2D eigenvalue weighted by molar-refractivity contribution is 7.89. The fraction of sp³-hybridized carbons (Fsp3) is 0.259. The lowest BCUT2D eigenvalue weighted by Crippen LogP contribution is -2.58. The van der Waals surface area contributed by atoms with Crippen LogP contribution in [0.3, 0.4) is 0 Å². The molecular weight excluding hydrogens is 579 g/mol. The molecule has 13 heteroatoms. The van der Waals surface area contributed by atoms with Crippen LogP contribution in [-0.4, -0.2) is 58.7 Å². The van der Waals surface area contributed by atoms with E-state index in [1.165, 1.54) is 37.5 Å². The van der Waals surface area contributed by atoms with E-state index in [0.29, 0.717) is 23.2 Å². The predicted octanol–water partition coefficient (Wildman–Crippen LogP) is 4.00. The van der Waals surface area contributed by atoms with Gasteiger partial charge in [-0.05, 0) is 67.8 Å². The molecule has 3 aromatic rings. The molecule has 1 aliphatic rings. The maximum Gasteiger partial charge on any atom is 0.326 e. The first kappa shape index (κ1) is 29.5. The van der Waals surface area contributed by atoms with Crippen molar-refractivity contribution < 1.29 is 27.9 Å². The van der Waals surface area contributed by atoms with E-state index in [9.17, 15) is 27.9 Å². The number of nitrogens with zero attached hydrogens (tertiary/aromatic N) is 2. The number of benzene rings is 2. The number of carbonyl (C=O) groups is 3. The SMILES string of the molecule is C[C@@]1(C(=O)N[C@@H](Cc2ccc(NC(=O)c3ccncc3)cc2)C(=O)O)CCCN1S(=O)(=O)c1cc(Cl)cc(Cl)c1. The molecule has 40 heavy (non-hydrogen) atoms. The lowest BCUT2D eigenvalue weighted by Gasteiger charge is -2.34. The Morgan fingerprint density at radius 1 is 1.05 bits per heavy atom. The number of halogens is 2. The molecule has 1 saturated heterocycles. The van der Waals surface area contributed by atoms with Crippen LogP contribution in [0.4, 0.5) is 5.69 Å². The molecule has 2 aromatic carbocycles. The van der Waals surface area contributed by atoms with E-state index in [4.69, 9.17) is 23.2 Å². The van der Waals surface area contributed by atoms with Crippen LogP contribution in [0.25, 0.3) is 0 Å². The Morgan fingerprint density at radius 3 is 2.27 bits per heavy atom. The molecule has 1 aromatic heterocycles. The minimum Gasteiger partial charge on any atom is -0.480 e. The number of carboxylic acid groups (broad SMARTS) is 1. The molecule has 4 rings (SSSR count). The fourth-order valence-electron chi connectivity index (χ4n) is 4.54. The second kappa shape index (κ2) is 11.9. The van der Waals surface area contributed by atoms with Crippen LogP contribution in [0.15, 0.2) is 71.9 Å². The number of sulfonamides is 1. The highest BCUT2D eigenvalue weighted by Gasteiger charge is 2.50. The molecule has 0 saturated carbocycles. The van der Waals surface area contributed by atoms with Gasteiger partial charge in [-0.1, -0.05) is 35.3 Å². The summed E-state index contributed by atoms with van der Waals surface area (Å²) in [6.45, 7) is 1.54. The number of hydrogen-bond donors (Lipinski definition) is 3. The average Bonchev–Trinajstić information content (AvgIpc) is 3.33. The van der Waals surface area contributed by atoms with Gasteiger partial charge in [-0.3, -0.25) is 14.6 Å². The Kier molecular flexibility index (Phi) is 8.79. The van der Waals surface area contributed by atoms with Crippen molar-refractivity contribution >= 4 is 56.7 Å². The van der Waals surface area contributed by atoms with Crippen molar-refractivity contribution in [2.45, 2.75) is 42.7 Å². The summed E-state index contributed by atoms with van der Waals surface area (Å²) in [4.78, 5) is 41.5. The number of anilines is 1. The number of carboxylic acids is 1. The number of hydrogen-bond acceptors (Lipinski definition) is 6. The molecule has 10 nitrogen and oxygen atoms in total. The summed E-state index contributed by atoms with van der Waals surface area (Å²) >= 11 is 12.0. The second-order valence-corrected chi connectivity index (χ2v) is 12.3. The van der Waals surface area contributed by atoms with Crippen molar-refractivity contribution in [1.82, 2.24) is 14.6 Å². The van der Waals surface area contributed by atoms with Crippen LogP contribution < -0.4 is 10.6 Å². The molecule has 1 fully saturated rings. The Morgan fingerprint density at radius 2 is 1.68 bits per heavy atom. The van der Waals surface area contributed by atoms with Crippen molar-refractivity contribution in [3.05, 3.63) is 88.2 Å². The van der Waals surface area contributed by atoms with Gasteiger partial charge in [0.25, 0.3) is 5.91 Å². The van der Waals surface area contributed by atoms with Crippen LogP contribution in [0.5, 0.6) is 0 Å². The third-order valence-corrected chi connectivity index (χ3v) is 9.12. The van der Waals surface area contributed by atoms with Gasteiger partial charge in [0, 0.05) is 46.7 Å². The molecular formula is C27H26Cl2N4O6S. The monoisotopic (exact) mass is 604 g/mol. The van der Waals surface area contributed by atoms with Crippen molar-refractivity contribution in [3.8, 4) is 0 Å². The fourth-order valence-corrected chi connectivity index (χ4v) is 7.07. The van der Waals surface area contributed by atoms with Gasteiger partial charge in [0.05, 0.1) is 4.90 Å². The normalized spacial score (nSPS) is 18.2. The molecule has 0 bridgehead atoms. The summed E-state index contributed by atoms with van der Waals surface area (Å²) < 4.78 is 28.0. The molecule has 0 spiro atoms. The maximum atomic E-state index is 13.4. The summed E-state index contributed by atoms with van der Waals surface area (Å²) in [6, 6.07) is 12.3. The Labute approximate surface area is 241 Å². The quantitative estimate of drug-likeness (QED) is 0.334. The number of rotatable bonds is 9. The maximum absolute atomic E-state index is 13.4. The zero-order valence-corrected chi connectivity index (χ0v) is 23.6. The third kappa shape index (κ3) is 6.44. The van der Waals surface area contributed by atoms with Gasteiger partial charge < -0.3 is 15.7 Å². The van der Waals surface area contributed by atoms with Gasteiger partial charge in [0.15, 0.2) is 0 Å². The standard InChI is InChI=1S/C27H26Cl2N4O6S/c1-27(9-2-12-33(27)40(38,39)22-15-19(28)14-20(29)16-22)26(37)32-23(25(35)36)13-17-3-5-21(6-4-17)31-24(34)18-7-10-30-11-8-18/h3-8,10-11,14-16,23H,2,9,12-13H2,1H3,(H,31,34)(H,32,37)(H,35,36)/t23-,27-/m0/s1. The summed E-state index contributed by atoms with van der Waals surface area (Å²) in [5.41, 5.74) is -0.00334. The number of pyridine rings is 1. The van der Waals surface area contributed by atoms with E-state index in [0.717, 1.165) is 4.31 Å². The van der Waals surface area contributed by atoms with Crippen LogP contribution >= 0.6 is 23.2 Å². The highest BCUT2D eigenvalue weighted by Crippen LogP contribution is 2.36. The number of amides is 2. The van der Waals surface area contributed by atoms with Crippen LogP contribution in [0.2, 0.25) is 10.0 Å². The summed E-state index contributed by atoms with van der Waals surface area (Å²) in [5, 5.41) is 15.4. The van der Waals surface area contributed by atoms with E-state index in [-0.39, 0.29) is 40.2 Å². The van der Waals surface area contributed by atoms with E-state index in [1.54, 1.807) is 36.4 Å². The second-order valence-electron chi connectivity index (χ2n) is 9.52. The topological polar surface area (TPSA) is 146 Å². The van der Waals surface area contributed by atoms with Crippen molar-refractivity contribution in [2.24, 2.45) is 0 Å². The first-order valence-corrected chi connectivity index (χ1v) is 14.4. The largest absolute Gasteiger partial charge is 0.480 e. The van der Waals surface area contributed by atoms with Crippen LogP contribution in [0.1, 0.15) is 35.7 Å². The molecule has 0 radical (unpaired) electrons. The number of carbonyl (C=O) groups excluding carboxylic acids is 2. The zero-order chi connectivity index (χ0) is 29.1. The molecule has 1 aliphatic heterocycles. The number of nitrogens with one attached hydrogen (secondary N) is 2. The molecule has 2 atom stereocenters. The predicted molar refractivity (Wildman–Crippen MR) is 150 cm³/mol. The molecule has 0 aliphatic carbocycles. The minimum atomic E-state index is -4.17. The summed E-state index contributed by atoms with van der Waals surface area (Å²) in [5.74, 6) is -2.33. The smallest absolute Gasteiger partial charge is 0.326 e. The van der Waals surface area contributed by atoms with E-state index < -0.39 is 33.5 Å². The number of aromatic nitrogens is 1. The van der Waals surface area contributed by atoms with Gasteiger partial charge in [-0.15, -0.1) is 0 Å². The molecule has 210 valence electrons. The van der Waals surface area contributed by atoms with Gasteiger partial charge >= 0.3 is 5.97 Å². The Hall–Kier alpha value is -3.51. The lowest BCUT2D eigenvalue weighted by molar-refractivity contribution is -0.143. The first-order valence-electron chi connectivity index (χ1n) is 12.2. The number of aliphatic carboxylic acids is 1. The third-order valence-electron chi connectivity index (χ3n) is 6.69. The minimum absolute atomic E-state index is 0.0631. The van der Waals surface area contributed by atoms with Crippen LogP contribution in [-0.2, 0) is 26.0 Å². The van der Waals surface area contributed by atoms with Gasteiger partial charge in [-0.25, -0.2) is 13.2 Å². The van der Waals surface area contributed by atoms with Gasteiger partial charge in [0.2, 0.25) is 15.9 Å². The summed E-state index contributed by atoms with van der Waals surface area (Å²) in [6.07, 6.45) is 3.55. The Balaban J connectivity index is 1.47.